The molecule has 0 saturated carbocycles. The maximum atomic E-state index is 12.0. The summed E-state index contributed by atoms with van der Waals surface area (Å²) in [6, 6.07) is 7.27. The second-order valence-electron chi connectivity index (χ2n) is 4.26. The zero-order chi connectivity index (χ0) is 16.2. The van der Waals surface area contributed by atoms with Crippen molar-refractivity contribution in [2.75, 3.05) is 6.54 Å². The molecule has 0 aliphatic carbocycles. The Hall–Kier alpha value is -1.54. The van der Waals surface area contributed by atoms with Gasteiger partial charge in [0.05, 0.1) is 34.3 Å². The van der Waals surface area contributed by atoms with Crippen LogP contribution in [0.15, 0.2) is 45.9 Å². The molecule has 9 heteroatoms. The van der Waals surface area contributed by atoms with E-state index in [9.17, 15) is 13.2 Å². The molecule has 0 bridgehead atoms. The van der Waals surface area contributed by atoms with Crippen molar-refractivity contribution < 1.29 is 17.6 Å². The molecule has 0 saturated heterocycles. The molecule has 0 unspecified atom stereocenters. The molecule has 22 heavy (non-hydrogen) atoms. The van der Waals surface area contributed by atoms with Gasteiger partial charge in [0, 0.05) is 0 Å². The zero-order valence-electron chi connectivity index (χ0n) is 11.2. The maximum absolute atomic E-state index is 12.0. The first-order valence-corrected chi connectivity index (χ1v) is 8.36. The lowest BCUT2D eigenvalue weighted by molar-refractivity contribution is -0.120. The van der Waals surface area contributed by atoms with Crippen molar-refractivity contribution >= 4 is 39.1 Å². The van der Waals surface area contributed by atoms with Crippen molar-refractivity contribution in [1.82, 2.24) is 10.0 Å². The smallest absolute Gasteiger partial charge is 0.241 e. The van der Waals surface area contributed by atoms with E-state index in [2.05, 4.69) is 10.0 Å². The molecular weight excluding hydrogens is 351 g/mol. The number of benzene rings is 1. The summed E-state index contributed by atoms with van der Waals surface area (Å²) in [6.45, 7) is -0.219. The van der Waals surface area contributed by atoms with Crippen LogP contribution in [0.2, 0.25) is 10.0 Å². The summed E-state index contributed by atoms with van der Waals surface area (Å²) in [4.78, 5) is 11.5. The predicted octanol–water partition coefficient (Wildman–Crippen LogP) is 2.18. The van der Waals surface area contributed by atoms with E-state index in [-0.39, 0.29) is 21.5 Å². The van der Waals surface area contributed by atoms with Gasteiger partial charge in [0.15, 0.2) is 0 Å². The van der Waals surface area contributed by atoms with E-state index in [1.807, 2.05) is 0 Å². The fourth-order valence-corrected chi connectivity index (χ4v) is 2.92. The monoisotopic (exact) mass is 362 g/mol. The van der Waals surface area contributed by atoms with Gasteiger partial charge in [-0.2, -0.15) is 0 Å². The summed E-state index contributed by atoms with van der Waals surface area (Å²) in [6.07, 6.45) is 1.48. The van der Waals surface area contributed by atoms with Crippen LogP contribution in [-0.2, 0) is 21.4 Å². The molecule has 1 aromatic heterocycles. The second-order valence-corrected chi connectivity index (χ2v) is 6.84. The molecule has 118 valence electrons. The third-order valence-corrected chi connectivity index (χ3v) is 4.80. The summed E-state index contributed by atoms with van der Waals surface area (Å²) in [5, 5.41) is 2.89. The molecule has 2 N–H and O–H groups in total. The molecular formula is C13H12Cl2N2O4S. The van der Waals surface area contributed by atoms with Crippen molar-refractivity contribution in [2.45, 2.75) is 11.4 Å². The van der Waals surface area contributed by atoms with Gasteiger partial charge in [-0.1, -0.05) is 23.2 Å². The summed E-state index contributed by atoms with van der Waals surface area (Å²) in [5.74, 6) is 0.0840. The van der Waals surface area contributed by atoms with Crippen LogP contribution >= 0.6 is 23.2 Å². The van der Waals surface area contributed by atoms with E-state index < -0.39 is 22.5 Å². The van der Waals surface area contributed by atoms with Gasteiger partial charge < -0.3 is 9.73 Å². The third-order valence-electron chi connectivity index (χ3n) is 2.66. The number of sulfonamides is 1. The van der Waals surface area contributed by atoms with Crippen LogP contribution in [0.5, 0.6) is 0 Å². The van der Waals surface area contributed by atoms with Gasteiger partial charge in [-0.25, -0.2) is 13.1 Å². The quantitative estimate of drug-likeness (QED) is 0.824. The first kappa shape index (κ1) is 16.8. The van der Waals surface area contributed by atoms with E-state index in [0.29, 0.717) is 5.76 Å². The number of furan rings is 1. The van der Waals surface area contributed by atoms with Crippen molar-refractivity contribution in [1.29, 1.82) is 0 Å². The van der Waals surface area contributed by atoms with Crippen molar-refractivity contribution in [3.8, 4) is 0 Å². The Labute approximate surface area is 137 Å². The average Bonchev–Trinajstić information content (AvgIpc) is 2.99. The molecule has 0 spiro atoms. The standard InChI is InChI=1S/C13H12Cl2N2O4S/c14-11-4-3-10(6-12(11)15)22(19,20)17-8-13(18)16-7-9-2-1-5-21-9/h1-6,17H,7-8H2,(H,16,18). The highest BCUT2D eigenvalue weighted by molar-refractivity contribution is 7.89. The number of amides is 1. The van der Waals surface area contributed by atoms with Crippen LogP contribution in [0.1, 0.15) is 5.76 Å². The highest BCUT2D eigenvalue weighted by atomic mass is 35.5. The second kappa shape index (κ2) is 7.15. The molecule has 0 fully saturated rings. The number of hydrogen-bond donors (Lipinski definition) is 2. The Bertz CT molecular complexity index is 760. The highest BCUT2D eigenvalue weighted by Gasteiger charge is 2.16. The van der Waals surface area contributed by atoms with Crippen LogP contribution < -0.4 is 10.0 Å². The lowest BCUT2D eigenvalue weighted by atomic mass is 10.4. The minimum absolute atomic E-state index is 0.0688. The van der Waals surface area contributed by atoms with Crippen molar-refractivity contribution in [3.63, 3.8) is 0 Å². The van der Waals surface area contributed by atoms with Crippen LogP contribution in [0.3, 0.4) is 0 Å². The van der Waals surface area contributed by atoms with Crippen LogP contribution in [0.25, 0.3) is 0 Å². The largest absolute Gasteiger partial charge is 0.467 e. The average molecular weight is 363 g/mol. The van der Waals surface area contributed by atoms with E-state index in [4.69, 9.17) is 27.6 Å². The Morgan fingerprint density at radius 3 is 2.59 bits per heavy atom. The van der Waals surface area contributed by atoms with E-state index in [0.717, 1.165) is 0 Å². The number of rotatable bonds is 6. The summed E-state index contributed by atoms with van der Waals surface area (Å²) in [5.41, 5.74) is 0. The number of carbonyl (C=O) groups excluding carboxylic acids is 1. The Morgan fingerprint density at radius 1 is 1.18 bits per heavy atom. The molecule has 6 nitrogen and oxygen atoms in total. The van der Waals surface area contributed by atoms with Gasteiger partial charge in [-0.3, -0.25) is 4.79 Å². The molecule has 0 aliphatic heterocycles. The Morgan fingerprint density at radius 2 is 1.95 bits per heavy atom. The molecule has 0 radical (unpaired) electrons. The predicted molar refractivity (Wildman–Crippen MR) is 82.2 cm³/mol. The molecule has 2 aromatic rings. The van der Waals surface area contributed by atoms with Gasteiger partial charge in [-0.15, -0.1) is 0 Å². The first-order chi connectivity index (χ1) is 10.4. The van der Waals surface area contributed by atoms with Crippen LogP contribution in [-0.4, -0.2) is 20.9 Å². The molecule has 0 aliphatic rings. The third kappa shape index (κ3) is 4.48. The highest BCUT2D eigenvalue weighted by Crippen LogP contribution is 2.24. The molecule has 2 rings (SSSR count). The Kier molecular flexibility index (Phi) is 5.47. The number of nitrogens with one attached hydrogen (secondary N) is 2. The zero-order valence-corrected chi connectivity index (χ0v) is 13.5. The molecule has 0 atom stereocenters. The van der Waals surface area contributed by atoms with E-state index >= 15 is 0 Å². The lowest BCUT2D eigenvalue weighted by Gasteiger charge is -2.08. The fourth-order valence-electron chi connectivity index (χ4n) is 1.55. The summed E-state index contributed by atoms with van der Waals surface area (Å²) >= 11 is 11.5. The van der Waals surface area contributed by atoms with Crippen LogP contribution in [0.4, 0.5) is 0 Å². The summed E-state index contributed by atoms with van der Waals surface area (Å²) in [7, 11) is -3.84. The van der Waals surface area contributed by atoms with E-state index in [1.54, 1.807) is 12.1 Å². The first-order valence-electron chi connectivity index (χ1n) is 6.12. The molecule has 1 aromatic carbocycles. The van der Waals surface area contributed by atoms with Crippen molar-refractivity contribution in [3.05, 3.63) is 52.4 Å². The van der Waals surface area contributed by atoms with Crippen molar-refractivity contribution in [2.24, 2.45) is 0 Å². The van der Waals surface area contributed by atoms with E-state index in [1.165, 1.54) is 24.5 Å². The number of hydrogen-bond acceptors (Lipinski definition) is 4. The number of halogens is 2. The van der Waals surface area contributed by atoms with Gasteiger partial charge in [0.2, 0.25) is 15.9 Å². The maximum Gasteiger partial charge on any atom is 0.241 e. The minimum atomic E-state index is -3.84. The van der Waals surface area contributed by atoms with Gasteiger partial charge in [0.1, 0.15) is 5.76 Å². The molecule has 1 heterocycles. The fraction of sp³-hybridized carbons (Fsp3) is 0.154. The van der Waals surface area contributed by atoms with Gasteiger partial charge in [-0.05, 0) is 30.3 Å². The lowest BCUT2D eigenvalue weighted by Crippen LogP contribution is -2.36. The van der Waals surface area contributed by atoms with Gasteiger partial charge >= 0.3 is 0 Å². The van der Waals surface area contributed by atoms with Gasteiger partial charge in [0.25, 0.3) is 0 Å². The molecule has 1 amide bonds. The van der Waals surface area contributed by atoms with Crippen LogP contribution in [0, 0.1) is 0 Å². The summed E-state index contributed by atoms with van der Waals surface area (Å²) < 4.78 is 31.3. The minimum Gasteiger partial charge on any atom is -0.467 e. The normalized spacial score (nSPS) is 11.4. The SMILES string of the molecule is O=C(CNS(=O)(=O)c1ccc(Cl)c(Cl)c1)NCc1ccco1. The Balaban J connectivity index is 1.91. The number of carbonyl (C=O) groups is 1. The topological polar surface area (TPSA) is 88.4 Å².